The Bertz CT molecular complexity index is 282. The molecule has 0 aromatic heterocycles. The first-order valence-electron chi connectivity index (χ1n) is 11.5. The fraction of sp³-hybridized carbons (Fsp3) is 0.731. The first kappa shape index (κ1) is 35.8. The maximum Gasteiger partial charge on any atom is 4.00 e. The Balaban J connectivity index is -0.000000139. The number of rotatable bonds is 10. The zero-order chi connectivity index (χ0) is 21.4. The molecule has 0 aliphatic heterocycles. The van der Waals surface area contributed by atoms with Crippen LogP contribution in [-0.2, 0) is 21.1 Å². The van der Waals surface area contributed by atoms with Crippen LogP contribution in [0.1, 0.15) is 104 Å². The standard InChI is InChI=1S/C8H13Si.3C6H13.Pt/c1-9(2,3)8-6-4-5-7-8;3*1-3-5-6-4-2;/h4,6H,5H2,1-3H3;3*1,3-6H2,2H3;/q4*-1;+4. The summed E-state index contributed by atoms with van der Waals surface area (Å²) in [7, 11) is -1.01. The molecule has 1 aliphatic rings. The van der Waals surface area contributed by atoms with E-state index < -0.39 is 8.07 Å². The molecule has 0 unspecified atom stereocenters. The zero-order valence-electron chi connectivity index (χ0n) is 20.3. The van der Waals surface area contributed by atoms with Crippen molar-refractivity contribution in [2.24, 2.45) is 0 Å². The molecule has 0 aromatic carbocycles. The van der Waals surface area contributed by atoms with E-state index in [1.807, 2.05) is 0 Å². The SMILES string of the molecule is C[Si](C)(C)C1=[C-]CC=C1.[CH2-]CCCCC.[CH2-]CCCCC.[CH2-]CCCCC.[Pt+4]. The summed E-state index contributed by atoms with van der Waals surface area (Å²) in [4.78, 5) is 0. The average molecular weight is 588 g/mol. The van der Waals surface area contributed by atoms with Gasteiger partial charge >= 0.3 is 21.1 Å². The summed E-state index contributed by atoms with van der Waals surface area (Å²) in [5, 5.41) is 1.49. The third-order valence-electron chi connectivity index (χ3n) is 4.06. The average Bonchev–Trinajstić information content (AvgIpc) is 3.20. The van der Waals surface area contributed by atoms with Gasteiger partial charge in [0.05, 0.1) is 0 Å². The smallest absolute Gasteiger partial charge is 0.343 e. The maximum absolute atomic E-state index is 3.72. The maximum atomic E-state index is 3.72. The van der Waals surface area contributed by atoms with Gasteiger partial charge < -0.3 is 20.8 Å². The molecule has 0 heterocycles. The molecule has 0 amide bonds. The first-order valence-corrected chi connectivity index (χ1v) is 15.0. The Morgan fingerprint density at radius 2 is 1.11 bits per heavy atom. The molecular weight excluding hydrogens is 535 g/mol. The summed E-state index contributed by atoms with van der Waals surface area (Å²) in [5.41, 5.74) is 0. The van der Waals surface area contributed by atoms with Crippen LogP contribution in [0.5, 0.6) is 0 Å². The topological polar surface area (TPSA) is 0 Å². The van der Waals surface area contributed by atoms with Gasteiger partial charge in [-0.15, -0.1) is 6.42 Å². The van der Waals surface area contributed by atoms with Crippen molar-refractivity contribution in [3.63, 3.8) is 0 Å². The monoisotopic (exact) mass is 587 g/mol. The van der Waals surface area contributed by atoms with Gasteiger partial charge in [-0.05, 0) is 0 Å². The Hall–Kier alpha value is 0.385. The number of hydrogen-bond donors (Lipinski definition) is 0. The third kappa shape index (κ3) is 33.9. The van der Waals surface area contributed by atoms with Crippen molar-refractivity contribution in [1.29, 1.82) is 0 Å². The van der Waals surface area contributed by atoms with Crippen LogP contribution in [0, 0.1) is 26.8 Å². The Morgan fingerprint density at radius 1 is 0.750 bits per heavy atom. The molecule has 0 N–H and O–H groups in total. The second-order valence-corrected chi connectivity index (χ2v) is 13.2. The summed E-state index contributed by atoms with van der Waals surface area (Å²) < 4.78 is 0. The van der Waals surface area contributed by atoms with Gasteiger partial charge in [0.1, 0.15) is 0 Å². The van der Waals surface area contributed by atoms with E-state index in [0.717, 1.165) is 25.7 Å². The molecule has 28 heavy (non-hydrogen) atoms. The summed E-state index contributed by atoms with van der Waals surface area (Å²) >= 11 is 0. The largest absolute Gasteiger partial charge is 4.00 e. The van der Waals surface area contributed by atoms with E-state index in [4.69, 9.17) is 0 Å². The van der Waals surface area contributed by atoms with Gasteiger partial charge in [0.15, 0.2) is 0 Å². The molecule has 1 rings (SSSR count). The molecular formula is C26H52PtSi. The fourth-order valence-corrected chi connectivity index (χ4v) is 3.45. The quantitative estimate of drug-likeness (QED) is 0.136. The molecule has 1 aliphatic carbocycles. The van der Waals surface area contributed by atoms with Crippen LogP contribution in [0.2, 0.25) is 19.6 Å². The number of hydrogen-bond acceptors (Lipinski definition) is 0. The Labute approximate surface area is 196 Å². The van der Waals surface area contributed by atoms with Crippen molar-refractivity contribution in [2.75, 3.05) is 0 Å². The predicted octanol–water partition coefficient (Wildman–Crippen LogP) is 9.75. The fourth-order valence-electron chi connectivity index (χ4n) is 2.20. The third-order valence-corrected chi connectivity index (χ3v) is 6.02. The van der Waals surface area contributed by atoms with E-state index in [1.54, 1.807) is 0 Å². The van der Waals surface area contributed by atoms with E-state index in [9.17, 15) is 0 Å². The Kier molecular flexibility index (Phi) is 37.8. The molecule has 0 spiro atoms. The van der Waals surface area contributed by atoms with Gasteiger partial charge in [0.2, 0.25) is 0 Å². The number of allylic oxidation sites excluding steroid dienone is 4. The van der Waals surface area contributed by atoms with E-state index >= 15 is 0 Å². The summed E-state index contributed by atoms with van der Waals surface area (Å²) in [6, 6.07) is 0. The minimum Gasteiger partial charge on any atom is -0.343 e. The van der Waals surface area contributed by atoms with Crippen LogP contribution < -0.4 is 0 Å². The molecule has 0 saturated heterocycles. The normalized spacial score (nSPS) is 11.7. The van der Waals surface area contributed by atoms with Crippen molar-refractivity contribution >= 4 is 8.07 Å². The van der Waals surface area contributed by atoms with Crippen LogP contribution in [0.4, 0.5) is 0 Å². The second-order valence-electron chi connectivity index (χ2n) is 8.13. The summed E-state index contributed by atoms with van der Waals surface area (Å²) in [5.74, 6) is 0. The predicted molar refractivity (Wildman–Crippen MR) is 132 cm³/mol. The minimum atomic E-state index is -1.01. The molecule has 0 atom stereocenters. The van der Waals surface area contributed by atoms with E-state index in [-0.39, 0.29) is 21.1 Å². The minimum absolute atomic E-state index is 0. The molecule has 0 radical (unpaired) electrons. The number of unbranched alkanes of at least 4 members (excludes halogenated alkanes) is 9. The van der Waals surface area contributed by atoms with Crippen LogP contribution in [0.15, 0.2) is 17.3 Å². The van der Waals surface area contributed by atoms with Gasteiger partial charge in [0, 0.05) is 8.07 Å². The zero-order valence-corrected chi connectivity index (χ0v) is 23.6. The first-order chi connectivity index (χ1) is 12.8. The second kappa shape index (κ2) is 29.6. The van der Waals surface area contributed by atoms with Crippen LogP contribution in [0.3, 0.4) is 0 Å². The van der Waals surface area contributed by atoms with Crippen LogP contribution >= 0.6 is 0 Å². The molecule has 0 bridgehead atoms. The Morgan fingerprint density at radius 3 is 1.21 bits per heavy atom. The van der Waals surface area contributed by atoms with Crippen LogP contribution in [0.25, 0.3) is 0 Å². The van der Waals surface area contributed by atoms with Crippen molar-refractivity contribution < 1.29 is 21.1 Å². The molecule has 0 saturated carbocycles. The van der Waals surface area contributed by atoms with Gasteiger partial charge in [-0.1, -0.05) is 98.2 Å². The molecule has 0 aromatic rings. The van der Waals surface area contributed by atoms with Gasteiger partial charge in [-0.3, -0.25) is 6.08 Å². The molecule has 170 valence electrons. The molecule has 0 fully saturated rings. The van der Waals surface area contributed by atoms with Crippen molar-refractivity contribution in [2.45, 2.75) is 124 Å². The summed E-state index contributed by atoms with van der Waals surface area (Å²) in [6.07, 6.45) is 24.0. The van der Waals surface area contributed by atoms with Crippen molar-refractivity contribution in [3.05, 3.63) is 44.2 Å². The van der Waals surface area contributed by atoms with Gasteiger partial charge in [-0.2, -0.15) is 25.3 Å². The van der Waals surface area contributed by atoms with Gasteiger partial charge in [0.25, 0.3) is 0 Å². The van der Waals surface area contributed by atoms with Crippen molar-refractivity contribution in [1.82, 2.24) is 0 Å². The summed E-state index contributed by atoms with van der Waals surface area (Å²) in [6.45, 7) is 24.8. The van der Waals surface area contributed by atoms with Crippen molar-refractivity contribution in [3.8, 4) is 0 Å². The van der Waals surface area contributed by atoms with E-state index in [0.29, 0.717) is 0 Å². The van der Waals surface area contributed by atoms with E-state index in [1.165, 1.54) is 63.0 Å². The molecule has 0 nitrogen and oxygen atoms in total. The van der Waals surface area contributed by atoms with Gasteiger partial charge in [-0.25, -0.2) is 11.3 Å². The van der Waals surface area contributed by atoms with E-state index in [2.05, 4.69) is 79.4 Å². The van der Waals surface area contributed by atoms with Crippen LogP contribution in [-0.4, -0.2) is 8.07 Å². The molecule has 2 heteroatoms.